The van der Waals surface area contributed by atoms with Gasteiger partial charge in [0.1, 0.15) is 0 Å². The third-order valence-corrected chi connectivity index (χ3v) is 3.48. The van der Waals surface area contributed by atoms with Crippen molar-refractivity contribution in [3.05, 3.63) is 60.2 Å². The van der Waals surface area contributed by atoms with Crippen LogP contribution in [0.5, 0.6) is 0 Å². The number of unbranched alkanes of at least 4 members (excludes halogenated alkanes) is 1. The molecule has 0 spiro atoms. The molecule has 120 valence electrons. The molecule has 2 amide bonds. The van der Waals surface area contributed by atoms with Crippen molar-refractivity contribution in [3.63, 3.8) is 0 Å². The minimum absolute atomic E-state index is 0.0585. The summed E-state index contributed by atoms with van der Waals surface area (Å²) in [7, 11) is 0. The van der Waals surface area contributed by atoms with Crippen molar-refractivity contribution < 1.29 is 9.59 Å². The van der Waals surface area contributed by atoms with Crippen LogP contribution in [0.1, 0.15) is 37.0 Å². The van der Waals surface area contributed by atoms with E-state index in [2.05, 4.69) is 12.2 Å². The highest BCUT2D eigenvalue weighted by Gasteiger charge is 2.17. The van der Waals surface area contributed by atoms with Crippen LogP contribution in [0.25, 0.3) is 0 Å². The molecule has 2 rings (SSSR count). The fourth-order valence-electron chi connectivity index (χ4n) is 2.36. The average Bonchev–Trinajstić information content (AvgIpc) is 2.55. The van der Waals surface area contributed by atoms with E-state index in [0.29, 0.717) is 17.8 Å². The molecular formula is C19H22N2O2. The number of carbonyl (C=O) groups is 2. The third kappa shape index (κ3) is 4.68. The van der Waals surface area contributed by atoms with Crippen molar-refractivity contribution in [2.75, 3.05) is 16.8 Å². The van der Waals surface area contributed by atoms with Crippen LogP contribution < -0.4 is 10.2 Å². The molecule has 4 heteroatoms. The average molecular weight is 310 g/mol. The van der Waals surface area contributed by atoms with Crippen LogP contribution >= 0.6 is 0 Å². The lowest BCUT2D eigenvalue weighted by atomic mass is 10.1. The number of hydrogen-bond donors (Lipinski definition) is 1. The summed E-state index contributed by atoms with van der Waals surface area (Å²) in [5.41, 5.74) is 2.08. The molecule has 4 nitrogen and oxygen atoms in total. The van der Waals surface area contributed by atoms with E-state index >= 15 is 0 Å². The van der Waals surface area contributed by atoms with Gasteiger partial charge in [-0.25, -0.2) is 0 Å². The van der Waals surface area contributed by atoms with Crippen LogP contribution in [0.2, 0.25) is 0 Å². The number of rotatable bonds is 6. The predicted molar refractivity (Wildman–Crippen MR) is 93.8 cm³/mol. The maximum absolute atomic E-state index is 12.9. The molecule has 0 saturated heterocycles. The second-order valence-corrected chi connectivity index (χ2v) is 5.41. The van der Waals surface area contributed by atoms with Gasteiger partial charge in [0.2, 0.25) is 5.91 Å². The number of amides is 2. The van der Waals surface area contributed by atoms with E-state index in [-0.39, 0.29) is 11.8 Å². The molecular weight excluding hydrogens is 288 g/mol. The fourth-order valence-corrected chi connectivity index (χ4v) is 2.36. The van der Waals surface area contributed by atoms with Crippen LogP contribution in [-0.4, -0.2) is 18.4 Å². The molecule has 0 heterocycles. The summed E-state index contributed by atoms with van der Waals surface area (Å²) in [4.78, 5) is 25.9. The lowest BCUT2D eigenvalue weighted by Gasteiger charge is -2.23. The number of carbonyl (C=O) groups excluding carboxylic acids is 2. The van der Waals surface area contributed by atoms with E-state index in [4.69, 9.17) is 0 Å². The second-order valence-electron chi connectivity index (χ2n) is 5.41. The Labute approximate surface area is 137 Å². The molecule has 0 aliphatic rings. The predicted octanol–water partition coefficient (Wildman–Crippen LogP) is 4.09. The monoisotopic (exact) mass is 310 g/mol. The zero-order chi connectivity index (χ0) is 16.7. The summed E-state index contributed by atoms with van der Waals surface area (Å²) in [6, 6.07) is 16.7. The quantitative estimate of drug-likeness (QED) is 0.873. The van der Waals surface area contributed by atoms with E-state index in [1.54, 1.807) is 29.2 Å². The van der Waals surface area contributed by atoms with Gasteiger partial charge >= 0.3 is 0 Å². The molecule has 0 aromatic heterocycles. The zero-order valence-corrected chi connectivity index (χ0v) is 13.6. The van der Waals surface area contributed by atoms with Crippen molar-refractivity contribution in [1.29, 1.82) is 0 Å². The lowest BCUT2D eigenvalue weighted by Crippen LogP contribution is -2.31. The van der Waals surface area contributed by atoms with Gasteiger partial charge < -0.3 is 10.2 Å². The Morgan fingerprint density at radius 2 is 1.78 bits per heavy atom. The van der Waals surface area contributed by atoms with Gasteiger partial charge in [-0.05, 0) is 36.8 Å². The summed E-state index contributed by atoms with van der Waals surface area (Å²) in [5.74, 6) is -0.211. The van der Waals surface area contributed by atoms with Crippen LogP contribution in [-0.2, 0) is 4.79 Å². The van der Waals surface area contributed by atoms with Crippen LogP contribution in [0.4, 0.5) is 11.4 Å². The molecule has 0 fully saturated rings. The van der Waals surface area contributed by atoms with E-state index in [1.807, 2.05) is 30.3 Å². The maximum atomic E-state index is 12.9. The number of benzene rings is 2. The maximum Gasteiger partial charge on any atom is 0.258 e. The minimum atomic E-state index is -0.152. The number of anilines is 2. The molecule has 1 N–H and O–H groups in total. The van der Waals surface area contributed by atoms with Gasteiger partial charge in [0.15, 0.2) is 0 Å². The van der Waals surface area contributed by atoms with E-state index in [9.17, 15) is 9.59 Å². The van der Waals surface area contributed by atoms with Crippen molar-refractivity contribution >= 4 is 23.2 Å². The van der Waals surface area contributed by atoms with E-state index in [1.165, 1.54) is 6.92 Å². The minimum Gasteiger partial charge on any atom is -0.326 e. The first kappa shape index (κ1) is 16.7. The number of nitrogens with zero attached hydrogens (tertiary/aromatic N) is 1. The van der Waals surface area contributed by atoms with Gasteiger partial charge in [-0.2, -0.15) is 0 Å². The zero-order valence-electron chi connectivity index (χ0n) is 13.6. The molecule has 0 radical (unpaired) electrons. The number of nitrogens with one attached hydrogen (secondary N) is 1. The Morgan fingerprint density at radius 1 is 1.04 bits per heavy atom. The first-order valence-electron chi connectivity index (χ1n) is 7.86. The summed E-state index contributed by atoms with van der Waals surface area (Å²) < 4.78 is 0. The van der Waals surface area contributed by atoms with Gasteiger partial charge in [-0.3, -0.25) is 9.59 Å². The fraction of sp³-hybridized carbons (Fsp3) is 0.263. The second kappa shape index (κ2) is 8.13. The molecule has 23 heavy (non-hydrogen) atoms. The van der Waals surface area contributed by atoms with Crippen molar-refractivity contribution in [3.8, 4) is 0 Å². The van der Waals surface area contributed by atoms with E-state index in [0.717, 1.165) is 18.5 Å². The number of hydrogen-bond acceptors (Lipinski definition) is 2. The van der Waals surface area contributed by atoms with Crippen molar-refractivity contribution in [2.24, 2.45) is 0 Å². The Kier molecular flexibility index (Phi) is 5.92. The highest BCUT2D eigenvalue weighted by atomic mass is 16.2. The SMILES string of the molecule is CCCCN(C(=O)c1cccc(NC(C)=O)c1)c1ccccc1. The Hall–Kier alpha value is -2.62. The Morgan fingerprint density at radius 3 is 2.43 bits per heavy atom. The molecule has 0 aliphatic carbocycles. The Bertz CT molecular complexity index is 668. The van der Waals surface area contributed by atoms with Crippen molar-refractivity contribution in [2.45, 2.75) is 26.7 Å². The third-order valence-electron chi connectivity index (χ3n) is 3.48. The molecule has 2 aromatic carbocycles. The number of para-hydroxylation sites is 1. The first-order chi connectivity index (χ1) is 11.1. The molecule has 0 saturated carbocycles. The van der Waals surface area contributed by atoms with Gasteiger partial charge in [-0.15, -0.1) is 0 Å². The molecule has 2 aromatic rings. The van der Waals surface area contributed by atoms with Crippen LogP contribution in [0.15, 0.2) is 54.6 Å². The largest absolute Gasteiger partial charge is 0.326 e. The Balaban J connectivity index is 2.28. The summed E-state index contributed by atoms with van der Waals surface area (Å²) in [6.07, 6.45) is 1.95. The molecule has 0 bridgehead atoms. The summed E-state index contributed by atoms with van der Waals surface area (Å²) in [6.45, 7) is 4.22. The summed E-state index contributed by atoms with van der Waals surface area (Å²) in [5, 5.41) is 2.71. The van der Waals surface area contributed by atoms with Crippen LogP contribution in [0, 0.1) is 0 Å². The highest BCUT2D eigenvalue weighted by molar-refractivity contribution is 6.07. The first-order valence-corrected chi connectivity index (χ1v) is 7.86. The topological polar surface area (TPSA) is 49.4 Å². The van der Waals surface area contributed by atoms with Crippen LogP contribution in [0.3, 0.4) is 0 Å². The van der Waals surface area contributed by atoms with Gasteiger partial charge in [0.05, 0.1) is 0 Å². The van der Waals surface area contributed by atoms with Gasteiger partial charge in [0.25, 0.3) is 5.91 Å². The molecule has 0 unspecified atom stereocenters. The highest BCUT2D eigenvalue weighted by Crippen LogP contribution is 2.19. The van der Waals surface area contributed by atoms with Gasteiger partial charge in [-0.1, -0.05) is 37.6 Å². The lowest BCUT2D eigenvalue weighted by molar-refractivity contribution is -0.114. The molecule has 0 aliphatic heterocycles. The smallest absolute Gasteiger partial charge is 0.258 e. The normalized spacial score (nSPS) is 10.2. The summed E-state index contributed by atoms with van der Waals surface area (Å²) >= 11 is 0. The van der Waals surface area contributed by atoms with Gasteiger partial charge in [0, 0.05) is 30.4 Å². The van der Waals surface area contributed by atoms with Crippen molar-refractivity contribution in [1.82, 2.24) is 0 Å². The molecule has 0 atom stereocenters. The van der Waals surface area contributed by atoms with E-state index < -0.39 is 0 Å². The standard InChI is InChI=1S/C19H22N2O2/c1-3-4-13-21(18-11-6-5-7-12-18)19(23)16-9-8-10-17(14-16)20-15(2)22/h5-12,14H,3-4,13H2,1-2H3,(H,20,22).